The molecule has 0 heterocycles. The first-order valence-corrected chi connectivity index (χ1v) is 18.5. The molecule has 2 aliphatic carbocycles. The largest absolute Gasteiger partial charge is 0.289 e. The van der Waals surface area contributed by atoms with Gasteiger partial charge in [0.1, 0.15) is 0 Å². The zero-order valence-electron chi connectivity index (χ0n) is 28.7. The second-order valence-electron chi connectivity index (χ2n) is 14.6. The van der Waals surface area contributed by atoms with E-state index in [4.69, 9.17) is 0 Å². The van der Waals surface area contributed by atoms with Crippen LogP contribution < -0.4 is 0 Å². The minimum Gasteiger partial charge on any atom is -0.289 e. The highest BCUT2D eigenvalue weighted by molar-refractivity contribution is 6.22. The van der Waals surface area contributed by atoms with Crippen molar-refractivity contribution in [2.24, 2.45) is 0 Å². The third-order valence-electron chi connectivity index (χ3n) is 11.8. The summed E-state index contributed by atoms with van der Waals surface area (Å²) >= 11 is 0. The number of carbonyl (C=O) groups is 1. The standard InChI is InChI=1S/C51H34O/c52-51-47-27-35(45-29-49-37-11-3-1-9-31(37)23-25-43(49)39-13-5-7-15-41(39)45)21-19-33(47)17-18-34-20-22-36(28-48(34)51)46-30-50-38-12-4-2-10-32(38)24-26-44(50)40-14-6-8-16-42(40)46/h1,3-9,11-16,19-30H,2,10,17-18H2. The SMILES string of the molecule is O=C1c2cc(-c3cc4c5c(ccc4c4ccccc34)CCC=C5)ccc2CCc2ccc(-c3cc4c5ccccc5ccc4c4ccccc34)cc21. The van der Waals surface area contributed by atoms with Crippen molar-refractivity contribution in [2.75, 3.05) is 0 Å². The summed E-state index contributed by atoms with van der Waals surface area (Å²) in [5, 5.41) is 12.4. The summed E-state index contributed by atoms with van der Waals surface area (Å²) in [6.07, 6.45) is 8.44. The maximum absolute atomic E-state index is 14.8. The molecule has 0 atom stereocenters. The molecule has 0 saturated heterocycles. The van der Waals surface area contributed by atoms with Crippen LogP contribution in [0.15, 0.2) is 152 Å². The van der Waals surface area contributed by atoms with Gasteiger partial charge in [0.05, 0.1) is 0 Å². The van der Waals surface area contributed by atoms with Gasteiger partial charge in [0.25, 0.3) is 0 Å². The minimum atomic E-state index is 0.118. The van der Waals surface area contributed by atoms with Crippen LogP contribution in [0.25, 0.3) is 82.2 Å². The highest BCUT2D eigenvalue weighted by atomic mass is 16.1. The van der Waals surface area contributed by atoms with Gasteiger partial charge in [0.2, 0.25) is 0 Å². The molecule has 11 rings (SSSR count). The smallest absolute Gasteiger partial charge is 0.193 e. The van der Waals surface area contributed by atoms with Crippen molar-refractivity contribution in [1.29, 1.82) is 0 Å². The van der Waals surface area contributed by atoms with E-state index < -0.39 is 0 Å². The van der Waals surface area contributed by atoms with Crippen LogP contribution in [0.3, 0.4) is 0 Å². The van der Waals surface area contributed by atoms with Crippen LogP contribution in [0.2, 0.25) is 0 Å². The number of carbonyl (C=O) groups excluding carboxylic acids is 1. The number of aryl methyl sites for hydroxylation is 3. The van der Waals surface area contributed by atoms with Crippen LogP contribution in [0.5, 0.6) is 0 Å². The fraction of sp³-hybridized carbons (Fsp3) is 0.0784. The van der Waals surface area contributed by atoms with Gasteiger partial charge in [-0.3, -0.25) is 4.79 Å². The molecule has 0 N–H and O–H groups in total. The molecule has 0 saturated carbocycles. The summed E-state index contributed by atoms with van der Waals surface area (Å²) < 4.78 is 0. The van der Waals surface area contributed by atoms with E-state index in [1.165, 1.54) is 70.6 Å². The molecule has 244 valence electrons. The number of ketones is 1. The van der Waals surface area contributed by atoms with Crippen molar-refractivity contribution in [1.82, 2.24) is 0 Å². The zero-order chi connectivity index (χ0) is 34.3. The summed E-state index contributed by atoms with van der Waals surface area (Å²) in [6.45, 7) is 0. The maximum atomic E-state index is 14.8. The fourth-order valence-corrected chi connectivity index (χ4v) is 9.20. The number of benzene rings is 9. The normalized spacial score (nSPS) is 13.8. The molecule has 0 spiro atoms. The van der Waals surface area contributed by atoms with E-state index in [1.54, 1.807) is 0 Å². The molecule has 9 aromatic rings. The summed E-state index contributed by atoms with van der Waals surface area (Å²) in [7, 11) is 0. The van der Waals surface area contributed by atoms with Gasteiger partial charge in [0.15, 0.2) is 5.78 Å². The average molecular weight is 663 g/mol. The van der Waals surface area contributed by atoms with Gasteiger partial charge in [0, 0.05) is 11.1 Å². The van der Waals surface area contributed by atoms with E-state index in [9.17, 15) is 4.79 Å². The van der Waals surface area contributed by atoms with E-state index in [2.05, 4.69) is 158 Å². The van der Waals surface area contributed by atoms with Crippen LogP contribution in [0.4, 0.5) is 0 Å². The van der Waals surface area contributed by atoms with Gasteiger partial charge in [-0.15, -0.1) is 0 Å². The molecule has 0 unspecified atom stereocenters. The van der Waals surface area contributed by atoms with Crippen molar-refractivity contribution >= 4 is 65.7 Å². The second-order valence-corrected chi connectivity index (χ2v) is 14.6. The quantitative estimate of drug-likeness (QED) is 0.168. The lowest BCUT2D eigenvalue weighted by molar-refractivity contribution is 0.103. The first-order valence-electron chi connectivity index (χ1n) is 18.5. The Morgan fingerprint density at radius 1 is 0.365 bits per heavy atom. The van der Waals surface area contributed by atoms with E-state index in [1.807, 2.05) is 0 Å². The van der Waals surface area contributed by atoms with E-state index >= 15 is 0 Å². The first-order chi connectivity index (χ1) is 25.7. The van der Waals surface area contributed by atoms with E-state index in [-0.39, 0.29) is 5.78 Å². The topological polar surface area (TPSA) is 17.1 Å². The van der Waals surface area contributed by atoms with Crippen molar-refractivity contribution in [3.63, 3.8) is 0 Å². The number of fused-ring (bicyclic) bond motifs is 12. The monoisotopic (exact) mass is 662 g/mol. The molecule has 1 heteroatoms. The van der Waals surface area contributed by atoms with Crippen LogP contribution in [0, 0.1) is 0 Å². The number of hydrogen-bond acceptors (Lipinski definition) is 1. The highest BCUT2D eigenvalue weighted by Gasteiger charge is 2.24. The molecule has 0 aliphatic heterocycles. The minimum absolute atomic E-state index is 0.118. The molecule has 0 amide bonds. The lowest BCUT2D eigenvalue weighted by atomic mass is 9.86. The Kier molecular flexibility index (Phi) is 6.42. The van der Waals surface area contributed by atoms with Crippen molar-refractivity contribution < 1.29 is 4.79 Å². The Morgan fingerprint density at radius 3 is 1.56 bits per heavy atom. The Balaban J connectivity index is 1.08. The Labute approximate surface area is 302 Å². The lowest BCUT2D eigenvalue weighted by Crippen LogP contribution is -2.05. The predicted molar refractivity (Wildman–Crippen MR) is 219 cm³/mol. The summed E-state index contributed by atoms with van der Waals surface area (Å²) in [6, 6.07) is 53.0. The van der Waals surface area contributed by atoms with Gasteiger partial charge in [-0.05, 0) is 148 Å². The molecule has 52 heavy (non-hydrogen) atoms. The molecule has 0 radical (unpaired) electrons. The molecule has 0 fully saturated rings. The second kappa shape index (κ2) is 11.4. The summed E-state index contributed by atoms with van der Waals surface area (Å²) in [5.74, 6) is 0.118. The predicted octanol–water partition coefficient (Wildman–Crippen LogP) is 13.1. The Morgan fingerprint density at radius 2 is 0.885 bits per heavy atom. The Hall–Kier alpha value is -6.31. The van der Waals surface area contributed by atoms with Gasteiger partial charge < -0.3 is 0 Å². The summed E-state index contributed by atoms with van der Waals surface area (Å²) in [5.41, 5.74) is 11.1. The van der Waals surface area contributed by atoms with Crippen molar-refractivity contribution in [2.45, 2.75) is 25.7 Å². The molecule has 0 aromatic heterocycles. The molecule has 2 aliphatic rings. The third-order valence-corrected chi connectivity index (χ3v) is 11.8. The lowest BCUT2D eigenvalue weighted by Gasteiger charge is -2.18. The van der Waals surface area contributed by atoms with Crippen molar-refractivity contribution in [3.8, 4) is 22.3 Å². The van der Waals surface area contributed by atoms with Gasteiger partial charge in [-0.2, -0.15) is 0 Å². The highest BCUT2D eigenvalue weighted by Crippen LogP contribution is 2.42. The molecule has 9 aromatic carbocycles. The van der Waals surface area contributed by atoms with Gasteiger partial charge >= 0.3 is 0 Å². The van der Waals surface area contributed by atoms with Gasteiger partial charge in [-0.1, -0.05) is 133 Å². The van der Waals surface area contributed by atoms with Crippen LogP contribution in [0.1, 0.15) is 44.6 Å². The van der Waals surface area contributed by atoms with E-state index in [0.717, 1.165) is 64.6 Å². The van der Waals surface area contributed by atoms with Crippen molar-refractivity contribution in [3.05, 3.63) is 185 Å². The fourth-order valence-electron chi connectivity index (χ4n) is 9.20. The average Bonchev–Trinajstić information content (AvgIpc) is 3.35. The number of rotatable bonds is 2. The van der Waals surface area contributed by atoms with Gasteiger partial charge in [-0.25, -0.2) is 0 Å². The third kappa shape index (κ3) is 4.39. The zero-order valence-corrected chi connectivity index (χ0v) is 28.7. The molecular formula is C51H34O. The van der Waals surface area contributed by atoms with Crippen LogP contribution in [-0.2, 0) is 19.3 Å². The molecular weight excluding hydrogens is 629 g/mol. The van der Waals surface area contributed by atoms with Crippen LogP contribution >= 0.6 is 0 Å². The van der Waals surface area contributed by atoms with Crippen LogP contribution in [-0.4, -0.2) is 5.78 Å². The van der Waals surface area contributed by atoms with E-state index in [0.29, 0.717) is 0 Å². The first kappa shape index (κ1) is 29.4. The summed E-state index contributed by atoms with van der Waals surface area (Å²) in [4.78, 5) is 14.8. The number of allylic oxidation sites excluding steroid dienone is 1. The number of hydrogen-bond donors (Lipinski definition) is 0. The molecule has 1 nitrogen and oxygen atoms in total. The molecule has 0 bridgehead atoms. The Bertz CT molecular complexity index is 3030. The maximum Gasteiger partial charge on any atom is 0.193 e.